The Bertz CT molecular complexity index is 1700. The number of hydrogen-bond donors (Lipinski definition) is 1. The van der Waals surface area contributed by atoms with Crippen LogP contribution >= 0.6 is 23.2 Å². The van der Waals surface area contributed by atoms with Gasteiger partial charge in [0, 0.05) is 27.1 Å². The van der Waals surface area contributed by atoms with Gasteiger partial charge in [-0.2, -0.15) is 5.10 Å². The molecule has 0 radical (unpaired) electrons. The molecular formula is C26H21Cl2N5O2. The zero-order valence-electron chi connectivity index (χ0n) is 19.5. The number of benzene rings is 2. The molecule has 0 aliphatic carbocycles. The summed E-state index contributed by atoms with van der Waals surface area (Å²) in [5.74, 6) is 0.458. The van der Waals surface area contributed by atoms with Gasteiger partial charge in [-0.1, -0.05) is 68.2 Å². The van der Waals surface area contributed by atoms with Gasteiger partial charge in [0.1, 0.15) is 5.82 Å². The Hall–Kier alpha value is -3.55. The van der Waals surface area contributed by atoms with Crippen LogP contribution in [0.2, 0.25) is 10.0 Å². The highest BCUT2D eigenvalue weighted by Crippen LogP contribution is 2.38. The van der Waals surface area contributed by atoms with Crippen LogP contribution in [0.5, 0.6) is 0 Å². The summed E-state index contributed by atoms with van der Waals surface area (Å²) < 4.78 is 1.49. The number of halogens is 2. The highest BCUT2D eigenvalue weighted by atomic mass is 35.5. The van der Waals surface area contributed by atoms with Gasteiger partial charge in [-0.3, -0.25) is 4.79 Å². The number of carbonyl (C=O) groups excluding carboxylic acids is 1. The van der Waals surface area contributed by atoms with Crippen LogP contribution in [0.4, 0.5) is 0 Å². The van der Waals surface area contributed by atoms with Crippen molar-refractivity contribution in [3.05, 3.63) is 80.4 Å². The number of Topliss-reactive ketones (excluding diaryl/α,β-unsaturated/α-hetero) is 1. The summed E-state index contributed by atoms with van der Waals surface area (Å²) in [4.78, 5) is 34.2. The summed E-state index contributed by atoms with van der Waals surface area (Å²) in [5, 5.41) is 8.43. The van der Waals surface area contributed by atoms with Gasteiger partial charge >= 0.3 is 5.69 Å². The molecule has 0 fully saturated rings. The molecule has 7 nitrogen and oxygen atoms in total. The maximum absolute atomic E-state index is 12.6. The number of pyridine rings is 1. The van der Waals surface area contributed by atoms with Crippen molar-refractivity contribution in [3.8, 4) is 22.4 Å². The summed E-state index contributed by atoms with van der Waals surface area (Å²) in [6.45, 7) is 7.41. The molecule has 0 atom stereocenters. The van der Waals surface area contributed by atoms with E-state index in [2.05, 4.69) is 10.2 Å². The van der Waals surface area contributed by atoms with E-state index in [9.17, 15) is 9.59 Å². The number of hydrogen-bond acceptors (Lipinski definition) is 5. The fourth-order valence-electron chi connectivity index (χ4n) is 4.06. The first kappa shape index (κ1) is 23.2. The van der Waals surface area contributed by atoms with Gasteiger partial charge in [0.05, 0.1) is 16.1 Å². The van der Waals surface area contributed by atoms with E-state index in [0.717, 1.165) is 11.1 Å². The summed E-state index contributed by atoms with van der Waals surface area (Å²) in [7, 11) is 0. The second kappa shape index (κ2) is 8.29. The summed E-state index contributed by atoms with van der Waals surface area (Å²) in [6, 6.07) is 14.4. The number of nitrogens with one attached hydrogen (secondary N) is 1. The number of aromatic amines is 1. The minimum absolute atomic E-state index is 0.0781. The molecule has 0 bridgehead atoms. The zero-order valence-corrected chi connectivity index (χ0v) is 21.0. The molecule has 0 saturated carbocycles. The van der Waals surface area contributed by atoms with E-state index in [1.54, 1.807) is 30.3 Å². The number of nitrogens with zero attached hydrogens (tertiary/aromatic N) is 4. The van der Waals surface area contributed by atoms with E-state index in [0.29, 0.717) is 49.4 Å². The number of H-pyrrole nitrogens is 1. The lowest BCUT2D eigenvalue weighted by atomic mass is 9.94. The molecule has 1 N–H and O–H groups in total. The molecule has 0 amide bonds. The first-order chi connectivity index (χ1) is 16.5. The van der Waals surface area contributed by atoms with Gasteiger partial charge in [0.15, 0.2) is 17.1 Å². The molecule has 3 heterocycles. The van der Waals surface area contributed by atoms with Crippen LogP contribution in [-0.4, -0.2) is 30.3 Å². The van der Waals surface area contributed by atoms with Crippen LogP contribution in [0.15, 0.2) is 53.3 Å². The maximum atomic E-state index is 12.6. The summed E-state index contributed by atoms with van der Waals surface area (Å²) in [5.41, 5.74) is 3.43. The van der Waals surface area contributed by atoms with Crippen LogP contribution in [0.1, 0.15) is 43.9 Å². The quantitative estimate of drug-likeness (QED) is 0.298. The van der Waals surface area contributed by atoms with Gasteiger partial charge < -0.3 is 0 Å². The predicted molar refractivity (Wildman–Crippen MR) is 139 cm³/mol. The fraction of sp³-hybridized carbons (Fsp3) is 0.192. The summed E-state index contributed by atoms with van der Waals surface area (Å²) in [6.07, 6.45) is 0. The van der Waals surface area contributed by atoms with Crippen molar-refractivity contribution in [2.45, 2.75) is 33.1 Å². The third-order valence-electron chi connectivity index (χ3n) is 5.80. The molecule has 0 spiro atoms. The van der Waals surface area contributed by atoms with E-state index in [1.165, 1.54) is 11.3 Å². The lowest BCUT2D eigenvalue weighted by Crippen LogP contribution is -2.25. The molecule has 0 saturated heterocycles. The van der Waals surface area contributed by atoms with Crippen LogP contribution in [-0.2, 0) is 5.41 Å². The number of rotatable bonds is 3. The lowest BCUT2D eigenvalue weighted by molar-refractivity contribution is 0.101. The molecule has 0 aliphatic rings. The van der Waals surface area contributed by atoms with Gasteiger partial charge in [-0.05, 0) is 36.8 Å². The van der Waals surface area contributed by atoms with Crippen molar-refractivity contribution in [2.24, 2.45) is 0 Å². The van der Waals surface area contributed by atoms with Crippen LogP contribution in [0.3, 0.4) is 0 Å². The third kappa shape index (κ3) is 4.00. The molecule has 5 aromatic rings. The van der Waals surface area contributed by atoms with Crippen molar-refractivity contribution >= 4 is 45.7 Å². The van der Waals surface area contributed by atoms with Crippen molar-refractivity contribution in [2.75, 3.05) is 0 Å². The zero-order chi connectivity index (χ0) is 25.1. The number of carbonyl (C=O) groups is 1. The van der Waals surface area contributed by atoms with E-state index in [-0.39, 0.29) is 11.5 Å². The molecule has 176 valence electrons. The minimum Gasteiger partial charge on any atom is -0.295 e. The Labute approximate surface area is 210 Å². The van der Waals surface area contributed by atoms with E-state index in [4.69, 9.17) is 33.2 Å². The first-order valence-electron chi connectivity index (χ1n) is 10.9. The fourth-order valence-corrected chi connectivity index (χ4v) is 4.46. The van der Waals surface area contributed by atoms with E-state index in [1.807, 2.05) is 39.0 Å². The molecule has 35 heavy (non-hydrogen) atoms. The standard InChI is InChI=1S/C26H21Cl2N5O2/c1-13(34)15-7-10-17(20(28)11-15)21-18(14-5-8-16(27)9-6-14)12-19-22(29-21)30-24(26(2,3)4)33-23(19)31-32-25(33)35/h5-12H,1-4H3,(H,32,35). The van der Waals surface area contributed by atoms with Gasteiger partial charge in [0.25, 0.3) is 0 Å². The predicted octanol–water partition coefficient (Wildman–Crippen LogP) is 6.11. The summed E-state index contributed by atoms with van der Waals surface area (Å²) >= 11 is 12.8. The van der Waals surface area contributed by atoms with Crippen LogP contribution in [0.25, 0.3) is 39.1 Å². The molecular weight excluding hydrogens is 485 g/mol. The second-order valence-corrected chi connectivity index (χ2v) is 10.2. The normalized spacial score (nSPS) is 11.9. The Morgan fingerprint density at radius 3 is 2.31 bits per heavy atom. The minimum atomic E-state index is -0.447. The molecule has 3 aromatic heterocycles. The van der Waals surface area contributed by atoms with Crippen molar-refractivity contribution in [1.82, 2.24) is 24.6 Å². The first-order valence-corrected chi connectivity index (χ1v) is 11.7. The third-order valence-corrected chi connectivity index (χ3v) is 6.36. The SMILES string of the molecule is CC(=O)c1ccc(-c2nc3nc(C(C)(C)C)n4c(=O)[nH]nc4c3cc2-c2ccc(Cl)cc2)c(Cl)c1. The average Bonchev–Trinajstić information content (AvgIpc) is 3.19. The van der Waals surface area contributed by atoms with Gasteiger partial charge in [0.2, 0.25) is 0 Å². The smallest absolute Gasteiger partial charge is 0.295 e. The van der Waals surface area contributed by atoms with Gasteiger partial charge in [-0.25, -0.2) is 24.3 Å². The maximum Gasteiger partial charge on any atom is 0.349 e. The van der Waals surface area contributed by atoms with Gasteiger partial charge in [-0.15, -0.1) is 0 Å². The molecule has 2 aromatic carbocycles. The molecule has 5 rings (SSSR count). The monoisotopic (exact) mass is 505 g/mol. The Balaban J connectivity index is 1.90. The van der Waals surface area contributed by atoms with Crippen LogP contribution in [0, 0.1) is 0 Å². The highest BCUT2D eigenvalue weighted by Gasteiger charge is 2.25. The largest absolute Gasteiger partial charge is 0.349 e. The number of fused-ring (bicyclic) bond motifs is 3. The highest BCUT2D eigenvalue weighted by molar-refractivity contribution is 6.34. The molecule has 0 unspecified atom stereocenters. The second-order valence-electron chi connectivity index (χ2n) is 9.39. The van der Waals surface area contributed by atoms with E-state index >= 15 is 0 Å². The van der Waals surface area contributed by atoms with Crippen molar-refractivity contribution in [1.29, 1.82) is 0 Å². The Morgan fingerprint density at radius 1 is 0.971 bits per heavy atom. The lowest BCUT2D eigenvalue weighted by Gasteiger charge is -2.20. The number of ketones is 1. The van der Waals surface area contributed by atoms with Crippen molar-refractivity contribution in [3.63, 3.8) is 0 Å². The van der Waals surface area contributed by atoms with E-state index < -0.39 is 5.41 Å². The number of aromatic nitrogens is 5. The van der Waals surface area contributed by atoms with Crippen LogP contribution < -0.4 is 5.69 Å². The Kier molecular flexibility index (Phi) is 5.49. The molecule has 0 aliphatic heterocycles. The molecule has 9 heteroatoms. The average molecular weight is 506 g/mol. The Morgan fingerprint density at radius 2 is 1.69 bits per heavy atom. The van der Waals surface area contributed by atoms with Crippen molar-refractivity contribution < 1.29 is 4.79 Å². The topological polar surface area (TPSA) is 93.0 Å².